The molecule has 0 aliphatic rings. The molecule has 1 rings (SSSR count). The van der Waals surface area contributed by atoms with Crippen molar-refractivity contribution in [1.82, 2.24) is 5.32 Å². The predicted molar refractivity (Wildman–Crippen MR) is 82.6 cm³/mol. The first-order valence-electron chi connectivity index (χ1n) is 6.74. The third kappa shape index (κ3) is 5.10. The predicted octanol–water partition coefficient (Wildman–Crippen LogP) is 2.98. The maximum Gasteiger partial charge on any atom is 0.227 e. The van der Waals surface area contributed by atoms with Crippen LogP contribution in [-0.2, 0) is 4.79 Å². The Morgan fingerprint density at radius 3 is 2.50 bits per heavy atom. The van der Waals surface area contributed by atoms with Gasteiger partial charge in [0.1, 0.15) is 5.82 Å². The van der Waals surface area contributed by atoms with Gasteiger partial charge in [0.2, 0.25) is 5.91 Å². The standard InChI is InChI=1S/C15H23FN2O.ClH/c1-4-15(17,5-2)10-18-14(19)11(3)12-7-6-8-13(16)9-12;/h6-9,11H,4-5,10,17H2,1-3H3,(H,18,19);1H. The first-order chi connectivity index (χ1) is 8.91. The van der Waals surface area contributed by atoms with E-state index in [-0.39, 0.29) is 35.6 Å². The molecule has 114 valence electrons. The number of halogens is 2. The molecule has 5 heteroatoms. The fourth-order valence-corrected chi connectivity index (χ4v) is 1.84. The highest BCUT2D eigenvalue weighted by Gasteiger charge is 2.23. The van der Waals surface area contributed by atoms with Crippen LogP contribution in [0.4, 0.5) is 4.39 Å². The van der Waals surface area contributed by atoms with Crippen molar-refractivity contribution in [3.63, 3.8) is 0 Å². The van der Waals surface area contributed by atoms with Gasteiger partial charge in [0.15, 0.2) is 0 Å². The molecule has 0 aliphatic heterocycles. The number of amides is 1. The zero-order valence-electron chi connectivity index (χ0n) is 12.3. The van der Waals surface area contributed by atoms with Gasteiger partial charge in [-0.05, 0) is 37.5 Å². The van der Waals surface area contributed by atoms with Crippen LogP contribution >= 0.6 is 12.4 Å². The second-order valence-electron chi connectivity index (χ2n) is 5.06. The van der Waals surface area contributed by atoms with E-state index in [1.807, 2.05) is 13.8 Å². The minimum atomic E-state index is -0.381. The van der Waals surface area contributed by atoms with Crippen molar-refractivity contribution >= 4 is 18.3 Å². The summed E-state index contributed by atoms with van der Waals surface area (Å²) >= 11 is 0. The van der Waals surface area contributed by atoms with Gasteiger partial charge in [-0.25, -0.2) is 4.39 Å². The lowest BCUT2D eigenvalue weighted by Crippen LogP contribution is -2.49. The Bertz CT molecular complexity index is 436. The minimum Gasteiger partial charge on any atom is -0.354 e. The van der Waals surface area contributed by atoms with Crippen LogP contribution in [0.25, 0.3) is 0 Å². The minimum absolute atomic E-state index is 0. The van der Waals surface area contributed by atoms with Gasteiger partial charge >= 0.3 is 0 Å². The van der Waals surface area contributed by atoms with Crippen LogP contribution in [0, 0.1) is 5.82 Å². The Kier molecular flexibility index (Phi) is 7.76. The highest BCUT2D eigenvalue weighted by atomic mass is 35.5. The molecule has 0 bridgehead atoms. The fourth-order valence-electron chi connectivity index (χ4n) is 1.84. The molecule has 0 heterocycles. The summed E-state index contributed by atoms with van der Waals surface area (Å²) in [6, 6.07) is 6.12. The molecule has 0 saturated heterocycles. The number of nitrogens with two attached hydrogens (primary N) is 1. The molecule has 1 unspecified atom stereocenters. The van der Waals surface area contributed by atoms with Gasteiger partial charge in [0.25, 0.3) is 0 Å². The van der Waals surface area contributed by atoms with Crippen LogP contribution in [-0.4, -0.2) is 18.0 Å². The molecular weight excluding hydrogens is 279 g/mol. The van der Waals surface area contributed by atoms with E-state index in [0.29, 0.717) is 12.1 Å². The molecule has 3 N–H and O–H groups in total. The van der Waals surface area contributed by atoms with Gasteiger partial charge in [-0.2, -0.15) is 0 Å². The maximum atomic E-state index is 13.1. The van der Waals surface area contributed by atoms with Crippen LogP contribution in [0.15, 0.2) is 24.3 Å². The first kappa shape index (κ1) is 18.9. The van der Waals surface area contributed by atoms with Gasteiger partial charge in [-0.3, -0.25) is 4.79 Å². The average molecular weight is 303 g/mol. The Morgan fingerprint density at radius 2 is 2.00 bits per heavy atom. The number of benzene rings is 1. The summed E-state index contributed by atoms with van der Waals surface area (Å²) in [4.78, 5) is 12.0. The monoisotopic (exact) mass is 302 g/mol. The molecule has 0 saturated carbocycles. The molecular formula is C15H24ClFN2O. The lowest BCUT2D eigenvalue weighted by atomic mass is 9.93. The van der Waals surface area contributed by atoms with Gasteiger partial charge in [0.05, 0.1) is 5.92 Å². The van der Waals surface area contributed by atoms with Gasteiger partial charge in [-0.1, -0.05) is 26.0 Å². The summed E-state index contributed by atoms with van der Waals surface area (Å²) in [5, 5.41) is 2.86. The van der Waals surface area contributed by atoms with E-state index in [1.165, 1.54) is 12.1 Å². The Labute approximate surface area is 126 Å². The highest BCUT2D eigenvalue weighted by Crippen LogP contribution is 2.17. The van der Waals surface area contributed by atoms with Crippen LogP contribution < -0.4 is 11.1 Å². The van der Waals surface area contributed by atoms with Gasteiger partial charge in [-0.15, -0.1) is 12.4 Å². The molecule has 20 heavy (non-hydrogen) atoms. The second-order valence-corrected chi connectivity index (χ2v) is 5.06. The van der Waals surface area contributed by atoms with Crippen molar-refractivity contribution in [2.45, 2.75) is 45.1 Å². The number of carbonyl (C=O) groups excluding carboxylic acids is 1. The van der Waals surface area contributed by atoms with Crippen LogP contribution in [0.3, 0.4) is 0 Å². The number of carbonyl (C=O) groups is 1. The highest BCUT2D eigenvalue weighted by molar-refractivity contribution is 5.85. The van der Waals surface area contributed by atoms with Crippen LogP contribution in [0.5, 0.6) is 0 Å². The topological polar surface area (TPSA) is 55.1 Å². The third-order valence-corrected chi connectivity index (χ3v) is 3.76. The number of rotatable bonds is 6. The van der Waals surface area contributed by atoms with E-state index in [2.05, 4.69) is 5.32 Å². The van der Waals surface area contributed by atoms with Gasteiger partial charge < -0.3 is 11.1 Å². The number of nitrogens with one attached hydrogen (secondary N) is 1. The molecule has 1 aromatic carbocycles. The van der Waals surface area contributed by atoms with E-state index in [0.717, 1.165) is 12.8 Å². The average Bonchev–Trinajstić information content (AvgIpc) is 2.43. The Morgan fingerprint density at radius 1 is 1.40 bits per heavy atom. The smallest absolute Gasteiger partial charge is 0.227 e. The first-order valence-corrected chi connectivity index (χ1v) is 6.74. The molecule has 0 spiro atoms. The van der Waals surface area contributed by atoms with Crippen LogP contribution in [0.2, 0.25) is 0 Å². The SMILES string of the molecule is CCC(N)(CC)CNC(=O)C(C)c1cccc(F)c1.Cl. The largest absolute Gasteiger partial charge is 0.354 e. The van der Waals surface area contributed by atoms with E-state index in [9.17, 15) is 9.18 Å². The van der Waals surface area contributed by atoms with Gasteiger partial charge in [0, 0.05) is 12.1 Å². The van der Waals surface area contributed by atoms with E-state index >= 15 is 0 Å². The lowest BCUT2D eigenvalue weighted by molar-refractivity contribution is -0.122. The Hall–Kier alpha value is -1.13. The summed E-state index contributed by atoms with van der Waals surface area (Å²) in [6.45, 7) is 6.22. The molecule has 0 fully saturated rings. The normalized spacial score (nSPS) is 12.4. The third-order valence-electron chi connectivity index (χ3n) is 3.76. The molecule has 1 amide bonds. The van der Waals surface area contributed by atoms with E-state index in [4.69, 9.17) is 5.73 Å². The molecule has 0 aliphatic carbocycles. The molecule has 0 aromatic heterocycles. The number of hydrogen-bond donors (Lipinski definition) is 2. The quantitative estimate of drug-likeness (QED) is 0.849. The van der Waals surface area contributed by atoms with E-state index < -0.39 is 0 Å². The van der Waals surface area contributed by atoms with Crippen molar-refractivity contribution < 1.29 is 9.18 Å². The second kappa shape index (κ2) is 8.22. The zero-order valence-corrected chi connectivity index (χ0v) is 13.1. The summed E-state index contributed by atoms with van der Waals surface area (Å²) in [7, 11) is 0. The van der Waals surface area contributed by atoms with Crippen molar-refractivity contribution in [2.75, 3.05) is 6.54 Å². The summed E-state index contributed by atoms with van der Waals surface area (Å²) in [6.07, 6.45) is 1.61. The van der Waals surface area contributed by atoms with Crippen molar-refractivity contribution in [1.29, 1.82) is 0 Å². The van der Waals surface area contributed by atoms with Crippen LogP contribution in [0.1, 0.15) is 45.1 Å². The van der Waals surface area contributed by atoms with E-state index in [1.54, 1.807) is 19.1 Å². The summed E-state index contributed by atoms with van der Waals surface area (Å²) in [5.41, 5.74) is 6.44. The van der Waals surface area contributed by atoms with Crippen molar-refractivity contribution in [2.24, 2.45) is 5.73 Å². The fraction of sp³-hybridized carbons (Fsp3) is 0.533. The Balaban J connectivity index is 0.00000361. The van der Waals surface area contributed by atoms with Crippen molar-refractivity contribution in [3.8, 4) is 0 Å². The zero-order chi connectivity index (χ0) is 14.5. The summed E-state index contributed by atoms with van der Waals surface area (Å²) < 4.78 is 13.1. The molecule has 0 radical (unpaired) electrons. The lowest BCUT2D eigenvalue weighted by Gasteiger charge is -2.27. The van der Waals surface area contributed by atoms with Crippen molar-refractivity contribution in [3.05, 3.63) is 35.6 Å². The maximum absolute atomic E-state index is 13.1. The molecule has 1 aromatic rings. The number of hydrogen-bond acceptors (Lipinski definition) is 2. The summed E-state index contributed by atoms with van der Waals surface area (Å²) in [5.74, 6) is -0.830. The molecule has 3 nitrogen and oxygen atoms in total. The molecule has 1 atom stereocenters.